The smallest absolute Gasteiger partial charge is 0.254 e. The van der Waals surface area contributed by atoms with Crippen molar-refractivity contribution in [3.05, 3.63) is 64.2 Å². The zero-order chi connectivity index (χ0) is 15.0. The molecule has 3 heteroatoms. The van der Waals surface area contributed by atoms with E-state index >= 15 is 0 Å². The Morgan fingerprint density at radius 3 is 2.81 bits per heavy atom. The van der Waals surface area contributed by atoms with Crippen LogP contribution in [0, 0.1) is 13.8 Å². The number of anilines is 1. The van der Waals surface area contributed by atoms with E-state index in [0.29, 0.717) is 6.54 Å². The van der Waals surface area contributed by atoms with Gasteiger partial charge in [0.2, 0.25) is 0 Å². The summed E-state index contributed by atoms with van der Waals surface area (Å²) >= 11 is 0. The molecule has 1 amide bonds. The maximum Gasteiger partial charge on any atom is 0.254 e. The molecule has 0 fully saturated rings. The third-order valence-electron chi connectivity index (χ3n) is 4.21. The number of hydrogen-bond donors (Lipinski definition) is 1. The molecule has 108 valence electrons. The summed E-state index contributed by atoms with van der Waals surface area (Å²) in [6, 6.07) is 12.0. The maximum absolute atomic E-state index is 12.8. The predicted molar refractivity (Wildman–Crippen MR) is 85.2 cm³/mol. The summed E-state index contributed by atoms with van der Waals surface area (Å²) in [5.41, 5.74) is 12.2. The fourth-order valence-electron chi connectivity index (χ4n) is 2.95. The van der Waals surface area contributed by atoms with Gasteiger partial charge in [0.05, 0.1) is 0 Å². The van der Waals surface area contributed by atoms with Crippen molar-refractivity contribution in [2.45, 2.75) is 26.8 Å². The zero-order valence-corrected chi connectivity index (χ0v) is 12.5. The molecule has 0 unspecified atom stereocenters. The van der Waals surface area contributed by atoms with Gasteiger partial charge in [-0.1, -0.05) is 29.8 Å². The third-order valence-corrected chi connectivity index (χ3v) is 4.21. The van der Waals surface area contributed by atoms with E-state index in [1.54, 1.807) is 0 Å². The van der Waals surface area contributed by atoms with Crippen LogP contribution in [0.15, 0.2) is 36.4 Å². The molecule has 2 aromatic carbocycles. The van der Waals surface area contributed by atoms with Crippen LogP contribution in [0.3, 0.4) is 0 Å². The number of carbonyl (C=O) groups excluding carboxylic acids is 1. The molecule has 0 saturated carbocycles. The van der Waals surface area contributed by atoms with Crippen LogP contribution in [-0.2, 0) is 13.0 Å². The molecule has 2 aromatic rings. The van der Waals surface area contributed by atoms with Crippen LogP contribution < -0.4 is 5.73 Å². The van der Waals surface area contributed by atoms with Gasteiger partial charge < -0.3 is 10.6 Å². The minimum atomic E-state index is 0.115. The fraction of sp³-hybridized carbons (Fsp3) is 0.278. The van der Waals surface area contributed by atoms with Gasteiger partial charge in [-0.15, -0.1) is 0 Å². The Hall–Kier alpha value is -2.29. The van der Waals surface area contributed by atoms with Gasteiger partial charge in [-0.3, -0.25) is 4.79 Å². The van der Waals surface area contributed by atoms with Gasteiger partial charge in [-0.25, -0.2) is 0 Å². The lowest BCUT2D eigenvalue weighted by Gasteiger charge is -2.30. The fourth-order valence-corrected chi connectivity index (χ4v) is 2.95. The molecule has 1 aliphatic heterocycles. The summed E-state index contributed by atoms with van der Waals surface area (Å²) in [7, 11) is 0. The highest BCUT2D eigenvalue weighted by atomic mass is 16.2. The maximum atomic E-state index is 12.8. The largest absolute Gasteiger partial charge is 0.398 e. The molecule has 0 saturated heterocycles. The van der Waals surface area contributed by atoms with Crippen molar-refractivity contribution in [1.29, 1.82) is 0 Å². The van der Waals surface area contributed by atoms with E-state index in [1.807, 2.05) is 49.1 Å². The number of rotatable bonds is 1. The van der Waals surface area contributed by atoms with Crippen molar-refractivity contribution in [1.82, 2.24) is 4.90 Å². The van der Waals surface area contributed by atoms with Crippen LogP contribution >= 0.6 is 0 Å². The number of amides is 1. The van der Waals surface area contributed by atoms with Crippen LogP contribution in [-0.4, -0.2) is 17.4 Å². The van der Waals surface area contributed by atoms with Gasteiger partial charge >= 0.3 is 0 Å². The molecular weight excluding hydrogens is 260 g/mol. The Morgan fingerprint density at radius 1 is 1.19 bits per heavy atom. The minimum absolute atomic E-state index is 0.115. The summed E-state index contributed by atoms with van der Waals surface area (Å²) < 4.78 is 0. The summed E-state index contributed by atoms with van der Waals surface area (Å²) in [6.45, 7) is 5.38. The van der Waals surface area contributed by atoms with Crippen LogP contribution in [0.2, 0.25) is 0 Å². The summed E-state index contributed by atoms with van der Waals surface area (Å²) in [4.78, 5) is 14.7. The van der Waals surface area contributed by atoms with E-state index in [4.69, 9.17) is 5.73 Å². The van der Waals surface area contributed by atoms with Crippen molar-refractivity contribution in [3.8, 4) is 0 Å². The van der Waals surface area contributed by atoms with Gasteiger partial charge in [0, 0.05) is 24.3 Å². The van der Waals surface area contributed by atoms with Crippen molar-refractivity contribution >= 4 is 11.6 Å². The molecule has 3 nitrogen and oxygen atoms in total. The molecule has 1 aliphatic rings. The second-order valence-corrected chi connectivity index (χ2v) is 5.78. The first-order valence-corrected chi connectivity index (χ1v) is 7.29. The predicted octanol–water partition coefficient (Wildman–Crippen LogP) is 3.08. The highest BCUT2D eigenvalue weighted by Gasteiger charge is 2.23. The van der Waals surface area contributed by atoms with Gasteiger partial charge in [0.25, 0.3) is 5.91 Å². The zero-order valence-electron chi connectivity index (χ0n) is 12.5. The lowest BCUT2D eigenvalue weighted by atomic mass is 9.96. The average molecular weight is 280 g/mol. The molecule has 0 aliphatic carbocycles. The summed E-state index contributed by atoms with van der Waals surface area (Å²) in [5, 5.41) is 0. The van der Waals surface area contributed by atoms with E-state index in [0.717, 1.165) is 35.3 Å². The van der Waals surface area contributed by atoms with Crippen LogP contribution in [0.25, 0.3) is 0 Å². The van der Waals surface area contributed by atoms with Crippen molar-refractivity contribution in [2.24, 2.45) is 0 Å². The Kier molecular flexibility index (Phi) is 3.42. The lowest BCUT2D eigenvalue weighted by Crippen LogP contribution is -2.36. The van der Waals surface area contributed by atoms with Crippen LogP contribution in [0.4, 0.5) is 5.69 Å². The SMILES string of the molecule is Cc1ccc(C)c(C(=O)N2CCc3c(N)cccc3C2)c1. The summed E-state index contributed by atoms with van der Waals surface area (Å²) in [6.07, 6.45) is 0.832. The van der Waals surface area contributed by atoms with E-state index in [1.165, 1.54) is 11.1 Å². The third kappa shape index (κ3) is 2.51. The van der Waals surface area contributed by atoms with E-state index < -0.39 is 0 Å². The Morgan fingerprint density at radius 2 is 2.00 bits per heavy atom. The Labute approximate surface area is 125 Å². The number of nitrogens with zero attached hydrogens (tertiary/aromatic N) is 1. The normalized spacial score (nSPS) is 13.9. The number of carbonyl (C=O) groups is 1. The number of aryl methyl sites for hydroxylation is 2. The second-order valence-electron chi connectivity index (χ2n) is 5.78. The number of benzene rings is 2. The molecule has 3 rings (SSSR count). The molecule has 1 heterocycles. The van der Waals surface area contributed by atoms with E-state index in [9.17, 15) is 4.79 Å². The number of hydrogen-bond acceptors (Lipinski definition) is 2. The monoisotopic (exact) mass is 280 g/mol. The van der Waals surface area contributed by atoms with Gasteiger partial charge in [0.1, 0.15) is 0 Å². The molecular formula is C18H20N2O. The second kappa shape index (κ2) is 5.24. The van der Waals surface area contributed by atoms with Gasteiger partial charge in [-0.2, -0.15) is 0 Å². The molecule has 0 aromatic heterocycles. The van der Waals surface area contributed by atoms with Gasteiger partial charge in [-0.05, 0) is 49.1 Å². The molecule has 21 heavy (non-hydrogen) atoms. The Bertz CT molecular complexity index is 706. The number of nitrogen functional groups attached to an aromatic ring is 1. The standard InChI is InChI=1S/C18H20N2O/c1-12-6-7-13(2)16(10-12)18(21)20-9-8-15-14(11-20)4-3-5-17(15)19/h3-7,10H,8-9,11,19H2,1-2H3. The highest BCUT2D eigenvalue weighted by Crippen LogP contribution is 2.25. The van der Waals surface area contributed by atoms with Crippen LogP contribution in [0.5, 0.6) is 0 Å². The van der Waals surface area contributed by atoms with E-state index in [2.05, 4.69) is 6.07 Å². The molecule has 0 atom stereocenters. The van der Waals surface area contributed by atoms with E-state index in [-0.39, 0.29) is 5.91 Å². The number of fused-ring (bicyclic) bond motifs is 1. The molecule has 0 radical (unpaired) electrons. The average Bonchev–Trinajstić information content (AvgIpc) is 2.49. The first kappa shape index (κ1) is 13.7. The quantitative estimate of drug-likeness (QED) is 0.816. The van der Waals surface area contributed by atoms with Crippen molar-refractivity contribution < 1.29 is 4.79 Å². The van der Waals surface area contributed by atoms with Gasteiger partial charge in [0.15, 0.2) is 0 Å². The number of nitrogens with two attached hydrogens (primary N) is 1. The highest BCUT2D eigenvalue weighted by molar-refractivity contribution is 5.96. The molecule has 0 bridgehead atoms. The summed E-state index contributed by atoms with van der Waals surface area (Å²) in [5.74, 6) is 0.115. The topological polar surface area (TPSA) is 46.3 Å². The lowest BCUT2D eigenvalue weighted by molar-refractivity contribution is 0.0734. The van der Waals surface area contributed by atoms with Crippen LogP contribution in [0.1, 0.15) is 32.6 Å². The van der Waals surface area contributed by atoms with Crippen molar-refractivity contribution in [3.63, 3.8) is 0 Å². The first-order chi connectivity index (χ1) is 10.1. The van der Waals surface area contributed by atoms with Crippen molar-refractivity contribution in [2.75, 3.05) is 12.3 Å². The molecule has 0 spiro atoms. The first-order valence-electron chi connectivity index (χ1n) is 7.29. The Balaban J connectivity index is 1.89. The molecule has 2 N–H and O–H groups in total. The minimum Gasteiger partial charge on any atom is -0.398 e.